The molecule has 0 aromatic heterocycles. The van der Waals surface area contributed by atoms with Gasteiger partial charge in [0.25, 0.3) is 5.91 Å². The fourth-order valence-corrected chi connectivity index (χ4v) is 5.24. The van der Waals surface area contributed by atoms with Crippen LogP contribution in [-0.2, 0) is 35.2 Å². The summed E-state index contributed by atoms with van der Waals surface area (Å²) < 4.78 is 17.7. The van der Waals surface area contributed by atoms with Gasteiger partial charge >= 0.3 is 5.97 Å². The number of carbonyl (C=O) groups excluding carboxylic acids is 3. The Morgan fingerprint density at radius 3 is 2.12 bits per heavy atom. The molecule has 4 unspecified atom stereocenters. The van der Waals surface area contributed by atoms with Crippen LogP contribution in [0.2, 0.25) is 0 Å². The molecule has 0 spiro atoms. The standard InChI is InChI=1S/C31H34N2O7S/c1-19(38-21(3)36)30(37)33-26-10-8-24(9-11-26)31-39-27(16-29(40-31)23-6-4-22(17-34)5-7-23)18-41-28-14-12-25(13-15-28)32-20(2)35/h4-15,19,27,29,31,34H,16-18H2,1-3H3,(H,32,35)(H,33,37). The highest BCUT2D eigenvalue weighted by Crippen LogP contribution is 2.39. The molecule has 0 aliphatic carbocycles. The minimum Gasteiger partial charge on any atom is -0.453 e. The molecule has 0 saturated carbocycles. The predicted molar refractivity (Wildman–Crippen MR) is 156 cm³/mol. The number of aliphatic hydroxyl groups is 1. The summed E-state index contributed by atoms with van der Waals surface area (Å²) in [4.78, 5) is 35.8. The molecule has 3 N–H and O–H groups in total. The molecule has 3 aromatic carbocycles. The van der Waals surface area contributed by atoms with E-state index in [1.165, 1.54) is 20.8 Å². The first-order valence-electron chi connectivity index (χ1n) is 13.3. The number of nitrogens with one attached hydrogen (secondary N) is 2. The summed E-state index contributed by atoms with van der Waals surface area (Å²) in [7, 11) is 0. The molecule has 1 aliphatic rings. The third-order valence-electron chi connectivity index (χ3n) is 6.39. The van der Waals surface area contributed by atoms with Crippen molar-refractivity contribution < 1.29 is 33.7 Å². The number of anilines is 2. The van der Waals surface area contributed by atoms with E-state index in [4.69, 9.17) is 14.2 Å². The van der Waals surface area contributed by atoms with Gasteiger partial charge in [-0.05, 0) is 54.4 Å². The van der Waals surface area contributed by atoms with Crippen molar-refractivity contribution in [3.63, 3.8) is 0 Å². The van der Waals surface area contributed by atoms with Crippen LogP contribution < -0.4 is 10.6 Å². The topological polar surface area (TPSA) is 123 Å². The summed E-state index contributed by atoms with van der Waals surface area (Å²) in [6.07, 6.45) is -1.24. The molecule has 10 heteroatoms. The van der Waals surface area contributed by atoms with E-state index in [1.807, 2.05) is 60.7 Å². The van der Waals surface area contributed by atoms with Crippen molar-refractivity contribution >= 4 is 40.9 Å². The van der Waals surface area contributed by atoms with Crippen molar-refractivity contribution in [3.05, 3.63) is 89.5 Å². The second kappa shape index (κ2) is 14.3. The number of hydrogen-bond donors (Lipinski definition) is 3. The first kappa shape index (κ1) is 30.3. The maximum atomic E-state index is 12.3. The normalized spacial score (nSPS) is 19.2. The van der Waals surface area contributed by atoms with Gasteiger partial charge in [0.2, 0.25) is 5.91 Å². The van der Waals surface area contributed by atoms with Crippen LogP contribution in [0.5, 0.6) is 0 Å². The van der Waals surface area contributed by atoms with E-state index in [0.29, 0.717) is 17.9 Å². The average Bonchev–Trinajstić information content (AvgIpc) is 2.96. The van der Waals surface area contributed by atoms with Crippen LogP contribution in [0.25, 0.3) is 0 Å². The van der Waals surface area contributed by atoms with Crippen LogP contribution in [0.4, 0.5) is 11.4 Å². The third kappa shape index (κ3) is 8.89. The van der Waals surface area contributed by atoms with Crippen molar-refractivity contribution in [1.82, 2.24) is 0 Å². The van der Waals surface area contributed by atoms with Crippen LogP contribution in [0.3, 0.4) is 0 Å². The van der Waals surface area contributed by atoms with Crippen molar-refractivity contribution in [2.75, 3.05) is 16.4 Å². The molecular weight excluding hydrogens is 544 g/mol. The fourth-order valence-electron chi connectivity index (χ4n) is 4.32. The van der Waals surface area contributed by atoms with Crippen molar-refractivity contribution in [1.29, 1.82) is 0 Å². The monoisotopic (exact) mass is 578 g/mol. The Bertz CT molecular complexity index is 1330. The van der Waals surface area contributed by atoms with Gasteiger partial charge in [0.15, 0.2) is 12.4 Å². The van der Waals surface area contributed by atoms with Gasteiger partial charge in [-0.3, -0.25) is 14.4 Å². The average molecular weight is 579 g/mol. The summed E-state index contributed by atoms with van der Waals surface area (Å²) in [6.45, 7) is 4.22. The smallest absolute Gasteiger partial charge is 0.303 e. The third-order valence-corrected chi connectivity index (χ3v) is 7.53. The van der Waals surface area contributed by atoms with E-state index in [2.05, 4.69) is 10.6 Å². The van der Waals surface area contributed by atoms with Gasteiger partial charge in [-0.2, -0.15) is 0 Å². The Morgan fingerprint density at radius 1 is 0.902 bits per heavy atom. The van der Waals surface area contributed by atoms with Crippen LogP contribution >= 0.6 is 11.8 Å². The lowest BCUT2D eigenvalue weighted by Crippen LogP contribution is -2.31. The zero-order valence-electron chi connectivity index (χ0n) is 23.2. The molecule has 3 aromatic rings. The van der Waals surface area contributed by atoms with Gasteiger partial charge < -0.3 is 30.0 Å². The number of benzene rings is 3. The molecule has 41 heavy (non-hydrogen) atoms. The van der Waals surface area contributed by atoms with Crippen LogP contribution in [-0.4, -0.2) is 40.9 Å². The molecule has 0 bridgehead atoms. The zero-order chi connectivity index (χ0) is 29.4. The number of thioether (sulfide) groups is 1. The molecule has 1 heterocycles. The van der Waals surface area contributed by atoms with E-state index in [-0.39, 0.29) is 24.7 Å². The van der Waals surface area contributed by atoms with Gasteiger partial charge in [-0.25, -0.2) is 0 Å². The summed E-state index contributed by atoms with van der Waals surface area (Å²) in [5.41, 5.74) is 3.92. The Labute approximate surface area is 243 Å². The van der Waals surface area contributed by atoms with Crippen LogP contribution in [0.1, 0.15) is 56.3 Å². The molecule has 1 saturated heterocycles. The number of hydrogen-bond acceptors (Lipinski definition) is 8. The molecule has 4 rings (SSSR count). The maximum Gasteiger partial charge on any atom is 0.303 e. The summed E-state index contributed by atoms with van der Waals surface area (Å²) in [6, 6.07) is 22.5. The van der Waals surface area contributed by atoms with E-state index < -0.39 is 24.3 Å². The Balaban J connectivity index is 1.46. The van der Waals surface area contributed by atoms with Gasteiger partial charge in [0, 0.05) is 47.9 Å². The summed E-state index contributed by atoms with van der Waals surface area (Å²) >= 11 is 1.66. The first-order valence-corrected chi connectivity index (χ1v) is 14.3. The number of ether oxygens (including phenoxy) is 3. The minimum atomic E-state index is -0.907. The van der Waals surface area contributed by atoms with Crippen LogP contribution in [0.15, 0.2) is 77.7 Å². The maximum absolute atomic E-state index is 12.3. The first-order chi connectivity index (χ1) is 19.7. The largest absolute Gasteiger partial charge is 0.453 e. The molecular formula is C31H34N2O7S. The van der Waals surface area contributed by atoms with Gasteiger partial charge in [-0.15, -0.1) is 11.8 Å². The summed E-state index contributed by atoms with van der Waals surface area (Å²) in [5, 5.41) is 14.9. The second-order valence-corrected chi connectivity index (χ2v) is 10.8. The van der Waals surface area contributed by atoms with E-state index in [1.54, 1.807) is 23.9 Å². The van der Waals surface area contributed by atoms with Gasteiger partial charge in [0.05, 0.1) is 18.8 Å². The number of carbonyl (C=O) groups is 3. The number of amides is 2. The predicted octanol–water partition coefficient (Wildman–Crippen LogP) is 5.37. The molecule has 9 nitrogen and oxygen atoms in total. The lowest BCUT2D eigenvalue weighted by molar-refractivity contribution is -0.245. The molecule has 1 aliphatic heterocycles. The lowest BCUT2D eigenvalue weighted by Gasteiger charge is -2.36. The Morgan fingerprint density at radius 2 is 1.51 bits per heavy atom. The molecule has 1 fully saturated rings. The molecule has 216 valence electrons. The van der Waals surface area contributed by atoms with Crippen molar-refractivity contribution in [3.8, 4) is 0 Å². The van der Waals surface area contributed by atoms with E-state index in [9.17, 15) is 19.5 Å². The van der Waals surface area contributed by atoms with Crippen molar-refractivity contribution in [2.45, 2.75) is 63.3 Å². The number of rotatable bonds is 10. The van der Waals surface area contributed by atoms with Crippen LogP contribution in [0, 0.1) is 0 Å². The number of aliphatic hydroxyl groups excluding tert-OH is 1. The van der Waals surface area contributed by atoms with E-state index >= 15 is 0 Å². The molecule has 2 amide bonds. The number of esters is 1. The minimum absolute atomic E-state index is 0.0277. The highest BCUT2D eigenvalue weighted by Gasteiger charge is 2.32. The van der Waals surface area contributed by atoms with Crippen molar-refractivity contribution in [2.24, 2.45) is 0 Å². The fraction of sp³-hybridized carbons (Fsp3) is 0.323. The zero-order valence-corrected chi connectivity index (χ0v) is 24.0. The highest BCUT2D eigenvalue weighted by molar-refractivity contribution is 7.99. The van der Waals surface area contributed by atoms with Gasteiger partial charge in [0.1, 0.15) is 0 Å². The Kier molecular flexibility index (Phi) is 10.5. The Hall–Kier alpha value is -3.70. The quantitative estimate of drug-likeness (QED) is 0.217. The van der Waals surface area contributed by atoms with E-state index in [0.717, 1.165) is 27.3 Å². The SMILES string of the molecule is CC(=O)Nc1ccc(SCC2CC(c3ccc(CO)cc3)OC(c3ccc(NC(=O)C(C)OC(C)=O)cc3)O2)cc1. The highest BCUT2D eigenvalue weighted by atomic mass is 32.2. The lowest BCUT2D eigenvalue weighted by atomic mass is 10.0. The van der Waals surface area contributed by atoms with Gasteiger partial charge in [-0.1, -0.05) is 36.4 Å². The molecule has 4 atom stereocenters. The second-order valence-electron chi connectivity index (χ2n) is 9.73. The summed E-state index contributed by atoms with van der Waals surface area (Å²) in [5.74, 6) is -0.374. The molecule has 0 radical (unpaired) electrons.